The number of aromatic amines is 1. The number of aryl methyl sites for hydroxylation is 1. The molecule has 2 N–H and O–H groups in total. The summed E-state index contributed by atoms with van der Waals surface area (Å²) in [5, 5.41) is 3.31. The molecule has 1 aliphatic rings. The Hall–Kier alpha value is -3.63. The highest BCUT2D eigenvalue weighted by molar-refractivity contribution is 5.97. The van der Waals surface area contributed by atoms with Crippen LogP contribution in [0.25, 0.3) is 10.9 Å². The minimum atomic E-state index is -0.510. The number of hydrogen-bond acceptors (Lipinski definition) is 7. The Morgan fingerprint density at radius 2 is 1.68 bits per heavy atom. The second-order valence-corrected chi connectivity index (χ2v) is 9.47. The molecule has 1 saturated heterocycles. The Balaban J connectivity index is 1.36. The van der Waals surface area contributed by atoms with E-state index < -0.39 is 5.69 Å². The molecule has 0 atom stereocenters. The van der Waals surface area contributed by atoms with E-state index >= 15 is 0 Å². The zero-order chi connectivity index (χ0) is 27.1. The van der Waals surface area contributed by atoms with E-state index in [1.807, 2.05) is 12.1 Å². The number of rotatable bonds is 11. The molecule has 1 fully saturated rings. The minimum absolute atomic E-state index is 0.204. The van der Waals surface area contributed by atoms with Crippen molar-refractivity contribution < 1.29 is 14.3 Å². The molecule has 4 rings (SSSR count). The number of carbonyl (C=O) groups is 1. The molecule has 38 heavy (non-hydrogen) atoms. The predicted octanol–water partition coefficient (Wildman–Crippen LogP) is 1.71. The monoisotopic (exact) mass is 523 g/mol. The van der Waals surface area contributed by atoms with Crippen LogP contribution in [-0.4, -0.2) is 85.3 Å². The van der Waals surface area contributed by atoms with Crippen molar-refractivity contribution in [3.8, 4) is 11.5 Å². The number of aromatic nitrogens is 2. The van der Waals surface area contributed by atoms with Gasteiger partial charge in [-0.2, -0.15) is 0 Å². The van der Waals surface area contributed by atoms with Crippen molar-refractivity contribution in [2.45, 2.75) is 26.3 Å². The van der Waals surface area contributed by atoms with Crippen molar-refractivity contribution in [1.29, 1.82) is 0 Å². The Morgan fingerprint density at radius 1 is 0.947 bits per heavy atom. The highest BCUT2D eigenvalue weighted by atomic mass is 16.5. The van der Waals surface area contributed by atoms with Crippen LogP contribution in [0.5, 0.6) is 11.5 Å². The number of H-pyrrole nitrogens is 1. The van der Waals surface area contributed by atoms with Gasteiger partial charge in [0.1, 0.15) is 0 Å². The van der Waals surface area contributed by atoms with Gasteiger partial charge >= 0.3 is 5.69 Å². The third kappa shape index (κ3) is 6.43. The lowest BCUT2D eigenvalue weighted by atomic mass is 10.1. The van der Waals surface area contributed by atoms with Crippen molar-refractivity contribution in [1.82, 2.24) is 24.7 Å². The Bertz CT molecular complexity index is 1370. The summed E-state index contributed by atoms with van der Waals surface area (Å²) in [6.07, 6.45) is 1.33. The zero-order valence-corrected chi connectivity index (χ0v) is 22.4. The van der Waals surface area contributed by atoms with E-state index in [1.54, 1.807) is 38.5 Å². The molecule has 1 aromatic heterocycles. The van der Waals surface area contributed by atoms with Crippen LogP contribution < -0.4 is 26.0 Å². The molecule has 10 nitrogen and oxygen atoms in total. The number of likely N-dealkylation sites (N-methyl/N-ethyl adjacent to an activating group) is 1. The number of nitrogens with zero attached hydrogens (tertiary/aromatic N) is 3. The molecule has 10 heteroatoms. The van der Waals surface area contributed by atoms with Gasteiger partial charge in [-0.1, -0.05) is 13.0 Å². The number of ether oxygens (including phenoxy) is 2. The molecule has 3 aromatic rings. The van der Waals surface area contributed by atoms with E-state index in [-0.39, 0.29) is 18.0 Å². The van der Waals surface area contributed by atoms with Crippen LogP contribution in [0.15, 0.2) is 46.0 Å². The summed E-state index contributed by atoms with van der Waals surface area (Å²) in [6.45, 7) is 9.31. The molecule has 0 bridgehead atoms. The van der Waals surface area contributed by atoms with Gasteiger partial charge in [0.05, 0.1) is 25.1 Å². The molecule has 0 saturated carbocycles. The minimum Gasteiger partial charge on any atom is -0.493 e. The van der Waals surface area contributed by atoms with Crippen molar-refractivity contribution in [3.05, 3.63) is 68.4 Å². The van der Waals surface area contributed by atoms with Gasteiger partial charge in [-0.25, -0.2) is 4.79 Å². The summed E-state index contributed by atoms with van der Waals surface area (Å²) < 4.78 is 11.8. The maximum Gasteiger partial charge on any atom is 0.328 e. The van der Waals surface area contributed by atoms with Crippen LogP contribution in [0.1, 0.15) is 29.3 Å². The molecule has 1 amide bonds. The van der Waals surface area contributed by atoms with E-state index in [9.17, 15) is 14.4 Å². The summed E-state index contributed by atoms with van der Waals surface area (Å²) in [4.78, 5) is 46.1. The average molecular weight is 524 g/mol. The first-order chi connectivity index (χ1) is 18.4. The topological polar surface area (TPSA) is 109 Å². The summed E-state index contributed by atoms with van der Waals surface area (Å²) in [5.41, 5.74) is 0.767. The second kappa shape index (κ2) is 12.7. The fourth-order valence-corrected chi connectivity index (χ4v) is 4.81. The maximum absolute atomic E-state index is 13.1. The summed E-state index contributed by atoms with van der Waals surface area (Å²) in [7, 11) is 3.13. The van der Waals surface area contributed by atoms with Crippen LogP contribution in [-0.2, 0) is 13.0 Å². The molecule has 0 unspecified atom stereocenters. The SMILES string of the molecule is CCN1CCN(CCCNC(=O)c2ccc3c(=O)n(CCc4ccc(OC)c(OC)c4)c(=O)[nH]c3c2)CC1. The predicted molar refractivity (Wildman–Crippen MR) is 148 cm³/mol. The number of methoxy groups -OCH3 is 2. The number of piperazine rings is 1. The van der Waals surface area contributed by atoms with Crippen LogP contribution in [0.2, 0.25) is 0 Å². The van der Waals surface area contributed by atoms with Gasteiger partial charge in [0.15, 0.2) is 11.5 Å². The number of amides is 1. The van der Waals surface area contributed by atoms with Gasteiger partial charge in [-0.05, 0) is 61.8 Å². The lowest BCUT2D eigenvalue weighted by Gasteiger charge is -2.33. The quantitative estimate of drug-likeness (QED) is 0.368. The Morgan fingerprint density at radius 3 is 2.39 bits per heavy atom. The number of nitrogens with one attached hydrogen (secondary N) is 2. The number of carbonyl (C=O) groups excluding carboxylic acids is 1. The fourth-order valence-electron chi connectivity index (χ4n) is 4.81. The molecule has 0 spiro atoms. The van der Waals surface area contributed by atoms with E-state index in [2.05, 4.69) is 27.0 Å². The van der Waals surface area contributed by atoms with Crippen LogP contribution in [0.4, 0.5) is 0 Å². The first kappa shape index (κ1) is 27.4. The van der Waals surface area contributed by atoms with Crippen LogP contribution in [0, 0.1) is 0 Å². The van der Waals surface area contributed by atoms with Crippen molar-refractivity contribution in [2.75, 3.05) is 60.0 Å². The van der Waals surface area contributed by atoms with E-state index in [0.717, 1.165) is 51.3 Å². The highest BCUT2D eigenvalue weighted by Gasteiger charge is 2.15. The molecule has 0 aliphatic carbocycles. The van der Waals surface area contributed by atoms with Crippen LogP contribution in [0.3, 0.4) is 0 Å². The van der Waals surface area contributed by atoms with Gasteiger partial charge in [0.25, 0.3) is 11.5 Å². The molecular formula is C28H37N5O5. The second-order valence-electron chi connectivity index (χ2n) is 9.47. The van der Waals surface area contributed by atoms with Gasteiger partial charge in [0.2, 0.25) is 0 Å². The van der Waals surface area contributed by atoms with Gasteiger partial charge < -0.3 is 29.6 Å². The molecule has 0 radical (unpaired) electrons. The first-order valence-corrected chi connectivity index (χ1v) is 13.1. The zero-order valence-electron chi connectivity index (χ0n) is 22.4. The smallest absolute Gasteiger partial charge is 0.328 e. The van der Waals surface area contributed by atoms with Crippen LogP contribution >= 0.6 is 0 Å². The third-order valence-electron chi connectivity index (χ3n) is 7.16. The lowest BCUT2D eigenvalue weighted by molar-refractivity contribution is 0.0948. The number of benzene rings is 2. The van der Waals surface area contributed by atoms with E-state index in [4.69, 9.17) is 9.47 Å². The summed E-state index contributed by atoms with van der Waals surface area (Å²) >= 11 is 0. The normalized spacial score (nSPS) is 14.5. The molecule has 204 valence electrons. The third-order valence-corrected chi connectivity index (χ3v) is 7.16. The standard InChI is InChI=1S/C28H37N5O5/c1-4-31-14-16-32(17-15-31)12-5-11-29-26(34)21-7-8-22-23(19-21)30-28(36)33(27(22)35)13-10-20-6-9-24(37-2)25(18-20)38-3/h6-9,18-19H,4-5,10-17H2,1-3H3,(H,29,34)(H,30,36). The first-order valence-electron chi connectivity index (χ1n) is 13.1. The molecular weight excluding hydrogens is 486 g/mol. The van der Waals surface area contributed by atoms with Crippen molar-refractivity contribution in [2.24, 2.45) is 0 Å². The van der Waals surface area contributed by atoms with Gasteiger partial charge in [-0.15, -0.1) is 0 Å². The Labute approximate surface area is 222 Å². The van der Waals surface area contributed by atoms with Gasteiger partial charge in [-0.3, -0.25) is 14.2 Å². The van der Waals surface area contributed by atoms with E-state index in [1.165, 1.54) is 4.57 Å². The average Bonchev–Trinajstić information content (AvgIpc) is 2.94. The number of hydrogen-bond donors (Lipinski definition) is 2. The molecule has 2 heterocycles. The lowest BCUT2D eigenvalue weighted by Crippen LogP contribution is -2.46. The van der Waals surface area contributed by atoms with Crippen molar-refractivity contribution >= 4 is 16.8 Å². The maximum atomic E-state index is 13.1. The van der Waals surface area contributed by atoms with Gasteiger partial charge in [0, 0.05) is 44.8 Å². The largest absolute Gasteiger partial charge is 0.493 e. The summed E-state index contributed by atoms with van der Waals surface area (Å²) in [6, 6.07) is 10.3. The number of fused-ring (bicyclic) bond motifs is 1. The Kier molecular flexibility index (Phi) is 9.19. The molecule has 2 aromatic carbocycles. The summed E-state index contributed by atoms with van der Waals surface area (Å²) in [5.74, 6) is 0.980. The van der Waals surface area contributed by atoms with E-state index in [0.29, 0.717) is 40.9 Å². The van der Waals surface area contributed by atoms with Crippen molar-refractivity contribution in [3.63, 3.8) is 0 Å². The molecule has 1 aliphatic heterocycles. The highest BCUT2D eigenvalue weighted by Crippen LogP contribution is 2.27. The fraction of sp³-hybridized carbons (Fsp3) is 0.464.